The Labute approximate surface area is 106 Å². The van der Waals surface area contributed by atoms with Gasteiger partial charge in [-0.15, -0.1) is 0 Å². The summed E-state index contributed by atoms with van der Waals surface area (Å²) >= 11 is 0. The minimum Gasteiger partial charge on any atom is -0.464 e. The smallest absolute Gasteiger partial charge is 0.413 e. The van der Waals surface area contributed by atoms with Crippen molar-refractivity contribution in [2.45, 2.75) is 58.5 Å². The largest absolute Gasteiger partial charge is 0.464 e. The zero-order valence-corrected chi connectivity index (χ0v) is 11.2. The molecule has 0 radical (unpaired) electrons. The molecule has 0 N–H and O–H groups in total. The Morgan fingerprint density at radius 3 is 2.44 bits per heavy atom. The molecular weight excluding hydrogens is 241 g/mol. The summed E-state index contributed by atoms with van der Waals surface area (Å²) in [6.45, 7) is 6.93. The van der Waals surface area contributed by atoms with Crippen molar-refractivity contribution in [2.24, 2.45) is 0 Å². The standard InChI is InChI=1S/C12H20FNO4/c1-5-17-10(15)8-6-7-9(13)14(8)11(16)18-12(2,3)4/h8-9H,5-7H2,1-4H3. The van der Waals surface area contributed by atoms with E-state index < -0.39 is 30.0 Å². The molecular formula is C12H20FNO4. The maximum absolute atomic E-state index is 13.7. The third-order valence-electron chi connectivity index (χ3n) is 2.48. The van der Waals surface area contributed by atoms with Gasteiger partial charge in [0.2, 0.25) is 0 Å². The molecule has 2 atom stereocenters. The molecule has 1 heterocycles. The lowest BCUT2D eigenvalue weighted by atomic mass is 10.2. The number of hydrogen-bond acceptors (Lipinski definition) is 4. The molecule has 0 bridgehead atoms. The van der Waals surface area contributed by atoms with Crippen LogP contribution < -0.4 is 0 Å². The molecule has 0 aromatic carbocycles. The molecule has 1 amide bonds. The second kappa shape index (κ2) is 5.54. The number of alkyl halides is 1. The molecule has 1 fully saturated rings. The van der Waals surface area contributed by atoms with E-state index in [2.05, 4.69) is 0 Å². The van der Waals surface area contributed by atoms with Crippen LogP contribution in [0.1, 0.15) is 40.5 Å². The van der Waals surface area contributed by atoms with Gasteiger partial charge in [-0.3, -0.25) is 4.90 Å². The van der Waals surface area contributed by atoms with Gasteiger partial charge in [0.15, 0.2) is 6.30 Å². The Morgan fingerprint density at radius 2 is 1.94 bits per heavy atom. The summed E-state index contributed by atoms with van der Waals surface area (Å²) in [5, 5.41) is 0. The molecule has 1 saturated heterocycles. The maximum Gasteiger partial charge on any atom is 0.413 e. The molecule has 0 aromatic rings. The zero-order valence-electron chi connectivity index (χ0n) is 11.2. The van der Waals surface area contributed by atoms with E-state index in [0.717, 1.165) is 4.90 Å². The van der Waals surface area contributed by atoms with E-state index in [1.165, 1.54) is 0 Å². The number of carbonyl (C=O) groups is 2. The molecule has 1 aliphatic heterocycles. The van der Waals surface area contributed by atoms with Gasteiger partial charge in [-0.2, -0.15) is 0 Å². The molecule has 5 nitrogen and oxygen atoms in total. The van der Waals surface area contributed by atoms with Crippen molar-refractivity contribution >= 4 is 12.1 Å². The van der Waals surface area contributed by atoms with Crippen molar-refractivity contribution in [1.82, 2.24) is 4.90 Å². The first-order valence-corrected chi connectivity index (χ1v) is 6.08. The maximum atomic E-state index is 13.7. The predicted octanol–water partition coefficient (Wildman–Crippen LogP) is 2.24. The lowest BCUT2D eigenvalue weighted by Gasteiger charge is -2.28. The van der Waals surface area contributed by atoms with Crippen LogP contribution in [0.25, 0.3) is 0 Å². The van der Waals surface area contributed by atoms with Crippen molar-refractivity contribution < 1.29 is 23.5 Å². The summed E-state index contributed by atoms with van der Waals surface area (Å²) in [7, 11) is 0. The fraction of sp³-hybridized carbons (Fsp3) is 0.833. The third kappa shape index (κ3) is 3.58. The van der Waals surface area contributed by atoms with Crippen molar-refractivity contribution in [1.29, 1.82) is 0 Å². The summed E-state index contributed by atoms with van der Waals surface area (Å²) in [6.07, 6.45) is -1.91. The normalized spacial score (nSPS) is 23.9. The summed E-state index contributed by atoms with van der Waals surface area (Å²) in [4.78, 5) is 24.3. The van der Waals surface area contributed by atoms with Gasteiger partial charge in [-0.05, 0) is 34.1 Å². The quantitative estimate of drug-likeness (QED) is 0.565. The molecule has 2 unspecified atom stereocenters. The number of ether oxygens (including phenoxy) is 2. The summed E-state index contributed by atoms with van der Waals surface area (Å²) < 4.78 is 23.6. The number of hydrogen-bond donors (Lipinski definition) is 0. The molecule has 6 heteroatoms. The highest BCUT2D eigenvalue weighted by molar-refractivity contribution is 5.82. The van der Waals surface area contributed by atoms with Crippen LogP contribution in [0.3, 0.4) is 0 Å². The van der Waals surface area contributed by atoms with E-state index in [9.17, 15) is 14.0 Å². The number of rotatable bonds is 2. The molecule has 0 saturated carbocycles. The first-order chi connectivity index (χ1) is 8.26. The number of halogens is 1. The van der Waals surface area contributed by atoms with E-state index in [4.69, 9.17) is 9.47 Å². The molecule has 0 spiro atoms. The van der Waals surface area contributed by atoms with Gasteiger partial charge in [0.1, 0.15) is 11.6 Å². The number of nitrogens with zero attached hydrogens (tertiary/aromatic N) is 1. The summed E-state index contributed by atoms with van der Waals surface area (Å²) in [6, 6.07) is -0.880. The number of carbonyl (C=O) groups excluding carboxylic acids is 2. The van der Waals surface area contributed by atoms with Crippen LogP contribution in [0.5, 0.6) is 0 Å². The van der Waals surface area contributed by atoms with Crippen LogP contribution in [0.15, 0.2) is 0 Å². The SMILES string of the molecule is CCOC(=O)C1CCC(F)N1C(=O)OC(C)(C)C. The molecule has 104 valence electrons. The fourth-order valence-corrected chi connectivity index (χ4v) is 1.79. The van der Waals surface area contributed by atoms with Crippen molar-refractivity contribution in [3.63, 3.8) is 0 Å². The van der Waals surface area contributed by atoms with Crippen LogP contribution in [0.2, 0.25) is 0 Å². The predicted molar refractivity (Wildman–Crippen MR) is 62.6 cm³/mol. The Kier molecular flexibility index (Phi) is 4.53. The van der Waals surface area contributed by atoms with Gasteiger partial charge in [-0.1, -0.05) is 0 Å². The average Bonchev–Trinajstić information content (AvgIpc) is 2.58. The van der Waals surface area contributed by atoms with E-state index in [1.807, 2.05) is 0 Å². The van der Waals surface area contributed by atoms with Crippen LogP contribution in [0, 0.1) is 0 Å². The highest BCUT2D eigenvalue weighted by Gasteiger charge is 2.43. The minimum atomic E-state index is -1.49. The fourth-order valence-electron chi connectivity index (χ4n) is 1.79. The van der Waals surface area contributed by atoms with Crippen LogP contribution in [-0.4, -0.2) is 41.5 Å². The van der Waals surface area contributed by atoms with Gasteiger partial charge in [0.25, 0.3) is 0 Å². The lowest BCUT2D eigenvalue weighted by molar-refractivity contribution is -0.149. The van der Waals surface area contributed by atoms with Gasteiger partial charge < -0.3 is 9.47 Å². The zero-order chi connectivity index (χ0) is 13.9. The van der Waals surface area contributed by atoms with Gasteiger partial charge in [0, 0.05) is 6.42 Å². The van der Waals surface area contributed by atoms with Gasteiger partial charge in [-0.25, -0.2) is 14.0 Å². The molecule has 1 rings (SSSR count). The second-order valence-corrected chi connectivity index (χ2v) is 5.17. The van der Waals surface area contributed by atoms with Crippen LogP contribution in [-0.2, 0) is 14.3 Å². The third-order valence-corrected chi connectivity index (χ3v) is 2.48. The number of amides is 1. The van der Waals surface area contributed by atoms with E-state index in [0.29, 0.717) is 0 Å². The monoisotopic (exact) mass is 261 g/mol. The second-order valence-electron chi connectivity index (χ2n) is 5.17. The molecule has 18 heavy (non-hydrogen) atoms. The number of esters is 1. The molecule has 0 aromatic heterocycles. The Morgan fingerprint density at radius 1 is 1.33 bits per heavy atom. The van der Waals surface area contributed by atoms with Crippen molar-refractivity contribution in [3.05, 3.63) is 0 Å². The van der Waals surface area contributed by atoms with E-state index in [1.54, 1.807) is 27.7 Å². The summed E-state index contributed by atoms with van der Waals surface area (Å²) in [5.74, 6) is -0.580. The number of likely N-dealkylation sites (tertiary alicyclic amines) is 1. The van der Waals surface area contributed by atoms with Gasteiger partial charge in [0.05, 0.1) is 6.61 Å². The molecule has 1 aliphatic rings. The Balaban J connectivity index is 2.76. The first kappa shape index (κ1) is 14.7. The lowest BCUT2D eigenvalue weighted by Crippen LogP contribution is -2.46. The molecule has 0 aliphatic carbocycles. The van der Waals surface area contributed by atoms with Crippen molar-refractivity contribution in [3.8, 4) is 0 Å². The minimum absolute atomic E-state index is 0.128. The highest BCUT2D eigenvalue weighted by Crippen LogP contribution is 2.28. The first-order valence-electron chi connectivity index (χ1n) is 6.08. The van der Waals surface area contributed by atoms with Crippen molar-refractivity contribution in [2.75, 3.05) is 6.61 Å². The Bertz CT molecular complexity index is 327. The highest BCUT2D eigenvalue weighted by atomic mass is 19.1. The average molecular weight is 261 g/mol. The van der Waals surface area contributed by atoms with Gasteiger partial charge >= 0.3 is 12.1 Å². The Hall–Kier alpha value is -1.33. The topological polar surface area (TPSA) is 55.8 Å². The van der Waals surface area contributed by atoms with Crippen LogP contribution in [0.4, 0.5) is 9.18 Å². The van der Waals surface area contributed by atoms with Crippen LogP contribution >= 0.6 is 0 Å². The van der Waals surface area contributed by atoms with E-state index in [-0.39, 0.29) is 19.4 Å². The summed E-state index contributed by atoms with van der Waals surface area (Å²) in [5.41, 5.74) is -0.724. The van der Waals surface area contributed by atoms with E-state index >= 15 is 0 Å².